The first-order valence-corrected chi connectivity index (χ1v) is 12.1. The number of aliphatic hydroxyl groups excluding tert-OH is 1. The van der Waals surface area contributed by atoms with Crippen molar-refractivity contribution in [2.24, 2.45) is 0 Å². The molecule has 0 radical (unpaired) electrons. The fraction of sp³-hybridized carbons (Fsp3) is 0.517. The highest BCUT2D eigenvalue weighted by Gasteiger charge is 2.51. The maximum absolute atomic E-state index is 12.5. The van der Waals surface area contributed by atoms with Crippen molar-refractivity contribution in [2.45, 2.75) is 83.2 Å². The molecule has 33 heavy (non-hydrogen) atoms. The minimum Gasteiger partial charge on any atom is -0.396 e. The molecule has 0 amide bonds. The fourth-order valence-corrected chi connectivity index (χ4v) is 5.03. The number of nitrogens with zero attached hydrogens (tertiary/aromatic N) is 1. The number of ether oxygens (including phenoxy) is 1. The van der Waals surface area contributed by atoms with E-state index in [1.54, 1.807) is 0 Å². The Hall–Kier alpha value is -2.30. The van der Waals surface area contributed by atoms with Crippen LogP contribution in [0.4, 0.5) is 0 Å². The number of Topliss-reactive ketones (excluding diaryl/α,β-unsaturated/α-hetero) is 1. The summed E-state index contributed by atoms with van der Waals surface area (Å²) in [6.07, 6.45) is 8.36. The van der Waals surface area contributed by atoms with Gasteiger partial charge in [-0.25, -0.2) is 0 Å². The van der Waals surface area contributed by atoms with Gasteiger partial charge in [-0.3, -0.25) is 9.78 Å². The summed E-state index contributed by atoms with van der Waals surface area (Å²) >= 11 is 0. The number of aryl methyl sites for hydroxylation is 1. The van der Waals surface area contributed by atoms with Crippen LogP contribution in [-0.2, 0) is 26.0 Å². The topological polar surface area (TPSA) is 62.7 Å². The molecule has 1 saturated heterocycles. The predicted octanol–water partition coefficient (Wildman–Crippen LogP) is 5.62. The molecule has 1 N–H and O–H groups in total. The Morgan fingerprint density at radius 1 is 1.06 bits per heavy atom. The summed E-state index contributed by atoms with van der Waals surface area (Å²) in [4.78, 5) is 17.3. The Balaban J connectivity index is 1.63. The number of benzene rings is 1. The molecule has 2 atom stereocenters. The van der Waals surface area contributed by atoms with Crippen LogP contribution in [0.3, 0.4) is 0 Å². The van der Waals surface area contributed by atoms with Gasteiger partial charge < -0.3 is 9.84 Å². The number of carbonyl (C=O) groups is 1. The minimum atomic E-state index is -0.507. The Labute approximate surface area is 198 Å². The van der Waals surface area contributed by atoms with E-state index in [4.69, 9.17) is 14.8 Å². The molecule has 4 heteroatoms. The van der Waals surface area contributed by atoms with Crippen molar-refractivity contribution >= 4 is 5.78 Å². The van der Waals surface area contributed by atoms with E-state index in [1.165, 1.54) is 22.3 Å². The lowest BCUT2D eigenvalue weighted by Gasteiger charge is -2.38. The van der Waals surface area contributed by atoms with Gasteiger partial charge in [0.1, 0.15) is 5.78 Å². The zero-order valence-electron chi connectivity index (χ0n) is 20.9. The fourth-order valence-electron chi connectivity index (χ4n) is 5.03. The van der Waals surface area contributed by atoms with E-state index >= 15 is 0 Å². The van der Waals surface area contributed by atoms with Crippen LogP contribution < -0.4 is 0 Å². The molecule has 4 rings (SSSR count). The number of allylic oxidation sites excluding steroid dienone is 2. The highest BCUT2D eigenvalue weighted by atomic mass is 16.6. The maximum atomic E-state index is 12.5. The standard InChI is InChI=1S/C29H37NO3/c1-19-15-23-24(28(5,6)13-12-27(23,3)4)16-22(19)29(18-33-29)26-11-10-21(17-30-26)20(2)25(32)9-7-8-14-31/h10-13,15-17,20,31H,7-9,14,18H2,1-6H3. The number of pyridine rings is 1. The monoisotopic (exact) mass is 447 g/mol. The third kappa shape index (κ3) is 4.31. The van der Waals surface area contributed by atoms with Crippen molar-refractivity contribution in [1.82, 2.24) is 4.98 Å². The van der Waals surface area contributed by atoms with Crippen LogP contribution in [0.1, 0.15) is 93.3 Å². The number of carbonyl (C=O) groups excluding carboxylic acids is 1. The first kappa shape index (κ1) is 23.8. The number of aliphatic hydroxyl groups is 1. The summed E-state index contributed by atoms with van der Waals surface area (Å²) in [7, 11) is 0. The van der Waals surface area contributed by atoms with Crippen LogP contribution in [0.15, 0.2) is 42.6 Å². The highest BCUT2D eigenvalue weighted by molar-refractivity contribution is 5.85. The molecule has 2 unspecified atom stereocenters. The van der Waals surface area contributed by atoms with Crippen LogP contribution in [-0.4, -0.2) is 29.1 Å². The average molecular weight is 448 g/mol. The van der Waals surface area contributed by atoms with Gasteiger partial charge in [0.2, 0.25) is 0 Å². The van der Waals surface area contributed by atoms with Crippen LogP contribution in [0.5, 0.6) is 0 Å². The Bertz CT molecular complexity index is 1070. The number of aromatic nitrogens is 1. The van der Waals surface area contributed by atoms with Crippen LogP contribution in [0.2, 0.25) is 0 Å². The molecule has 0 saturated carbocycles. The summed E-state index contributed by atoms with van der Waals surface area (Å²) in [5.74, 6) is 0.000399. The Morgan fingerprint density at radius 2 is 1.70 bits per heavy atom. The highest BCUT2D eigenvalue weighted by Crippen LogP contribution is 2.49. The summed E-state index contributed by atoms with van der Waals surface area (Å²) in [5, 5.41) is 8.94. The summed E-state index contributed by atoms with van der Waals surface area (Å²) in [6, 6.07) is 8.71. The van der Waals surface area contributed by atoms with Crippen LogP contribution in [0, 0.1) is 6.92 Å². The summed E-state index contributed by atoms with van der Waals surface area (Å²) in [6.45, 7) is 13.9. The molecule has 1 aliphatic carbocycles. The lowest BCUT2D eigenvalue weighted by atomic mass is 9.66. The third-order valence-electron chi connectivity index (χ3n) is 7.55. The predicted molar refractivity (Wildman–Crippen MR) is 132 cm³/mol. The lowest BCUT2D eigenvalue weighted by molar-refractivity contribution is -0.120. The van der Waals surface area contributed by atoms with Gasteiger partial charge in [0.05, 0.1) is 12.3 Å². The number of epoxide rings is 1. The van der Waals surface area contributed by atoms with Gasteiger partial charge in [0.15, 0.2) is 5.60 Å². The van der Waals surface area contributed by atoms with Crippen molar-refractivity contribution < 1.29 is 14.6 Å². The van der Waals surface area contributed by atoms with E-state index in [1.807, 2.05) is 25.3 Å². The Morgan fingerprint density at radius 3 is 2.24 bits per heavy atom. The molecule has 4 nitrogen and oxygen atoms in total. The smallest absolute Gasteiger partial charge is 0.158 e. The molecule has 1 aliphatic heterocycles. The zero-order valence-corrected chi connectivity index (χ0v) is 20.9. The van der Waals surface area contributed by atoms with Crippen molar-refractivity contribution in [3.05, 3.63) is 76.1 Å². The van der Waals surface area contributed by atoms with Crippen molar-refractivity contribution in [3.8, 4) is 0 Å². The van der Waals surface area contributed by atoms with Gasteiger partial charge in [0.25, 0.3) is 0 Å². The number of rotatable bonds is 8. The van der Waals surface area contributed by atoms with Gasteiger partial charge in [-0.2, -0.15) is 0 Å². The second-order valence-corrected chi connectivity index (χ2v) is 11.0. The second-order valence-electron chi connectivity index (χ2n) is 11.0. The van der Waals surface area contributed by atoms with E-state index in [9.17, 15) is 4.79 Å². The number of ketones is 1. The summed E-state index contributed by atoms with van der Waals surface area (Å²) < 4.78 is 6.10. The molecule has 176 valence electrons. The van der Waals surface area contributed by atoms with Crippen molar-refractivity contribution in [2.75, 3.05) is 13.2 Å². The van der Waals surface area contributed by atoms with Crippen molar-refractivity contribution in [3.63, 3.8) is 0 Å². The van der Waals surface area contributed by atoms with Crippen LogP contribution >= 0.6 is 0 Å². The molecule has 1 fully saturated rings. The van der Waals surface area contributed by atoms with Gasteiger partial charge >= 0.3 is 0 Å². The average Bonchev–Trinajstić information content (AvgIpc) is 3.58. The first-order chi connectivity index (χ1) is 15.5. The molecule has 1 aromatic carbocycles. The molecule has 1 aromatic heterocycles. The van der Waals surface area contributed by atoms with Crippen molar-refractivity contribution in [1.29, 1.82) is 0 Å². The van der Waals surface area contributed by atoms with Gasteiger partial charge in [-0.15, -0.1) is 0 Å². The molecule has 2 heterocycles. The first-order valence-electron chi connectivity index (χ1n) is 12.1. The maximum Gasteiger partial charge on any atom is 0.158 e. The largest absolute Gasteiger partial charge is 0.396 e. The number of unbranched alkanes of at least 4 members (excludes halogenated alkanes) is 1. The zero-order chi connectivity index (χ0) is 24.0. The third-order valence-corrected chi connectivity index (χ3v) is 7.55. The van der Waals surface area contributed by atoms with Gasteiger partial charge in [0, 0.05) is 36.0 Å². The number of fused-ring (bicyclic) bond motifs is 1. The lowest BCUT2D eigenvalue weighted by Crippen LogP contribution is -2.30. The SMILES string of the molecule is Cc1cc2c(cc1C1(c3ccc(C(C)C(=O)CCCCO)cn3)CO1)C(C)(C)C=CC2(C)C. The van der Waals surface area contributed by atoms with E-state index < -0.39 is 5.60 Å². The molecule has 2 aromatic rings. The normalized spacial score (nSPS) is 23.1. The van der Waals surface area contributed by atoms with Crippen LogP contribution in [0.25, 0.3) is 0 Å². The van der Waals surface area contributed by atoms with E-state index in [-0.39, 0.29) is 29.1 Å². The molecule has 2 aliphatic rings. The molecule has 0 bridgehead atoms. The molecular weight excluding hydrogens is 410 g/mol. The minimum absolute atomic E-state index is 0.00542. The number of hydrogen-bond donors (Lipinski definition) is 1. The molecule has 0 spiro atoms. The summed E-state index contributed by atoms with van der Waals surface area (Å²) in [5.41, 5.74) is 6.44. The van der Waals surface area contributed by atoms with Gasteiger partial charge in [-0.1, -0.05) is 65.0 Å². The quantitative estimate of drug-likeness (QED) is 0.324. The molecular formula is C29H37NO3. The number of hydrogen-bond acceptors (Lipinski definition) is 4. The van der Waals surface area contributed by atoms with E-state index in [0.29, 0.717) is 19.4 Å². The second kappa shape index (κ2) is 8.48. The Kier molecular flexibility index (Phi) is 6.13. The van der Waals surface area contributed by atoms with E-state index in [2.05, 4.69) is 58.9 Å². The van der Waals surface area contributed by atoms with E-state index in [0.717, 1.165) is 17.7 Å². The van der Waals surface area contributed by atoms with Gasteiger partial charge in [-0.05, 0) is 53.6 Å².